The summed E-state index contributed by atoms with van der Waals surface area (Å²) in [6, 6.07) is 8.54. The number of esters is 1. The number of Topliss-reactive ketones (excluding diaryl/α,β-unsaturated/α-hetero) is 1. The van der Waals surface area contributed by atoms with E-state index >= 15 is 0 Å². The molecule has 0 bridgehead atoms. The van der Waals surface area contributed by atoms with Gasteiger partial charge < -0.3 is 10.1 Å². The molecule has 0 aliphatic rings. The molecule has 1 N–H and O–H groups in total. The molecule has 0 unspecified atom stereocenters. The molecule has 0 fully saturated rings. The first-order chi connectivity index (χ1) is 11.9. The molecule has 5 nitrogen and oxygen atoms in total. The number of carbonyl (C=O) groups is 3. The van der Waals surface area contributed by atoms with Gasteiger partial charge in [-0.05, 0) is 44.0 Å². The number of hydrogen-bond acceptors (Lipinski definition) is 5. The lowest BCUT2D eigenvalue weighted by atomic mass is 10.1. The zero-order valence-corrected chi connectivity index (χ0v) is 15.4. The van der Waals surface area contributed by atoms with Gasteiger partial charge >= 0.3 is 5.97 Å². The van der Waals surface area contributed by atoms with E-state index in [1.165, 1.54) is 18.3 Å². The Kier molecular flexibility index (Phi) is 6.47. The van der Waals surface area contributed by atoms with Crippen molar-refractivity contribution in [2.75, 3.05) is 11.9 Å². The second-order valence-electron chi connectivity index (χ2n) is 5.67. The zero-order chi connectivity index (χ0) is 18.4. The molecule has 0 radical (unpaired) electrons. The second-order valence-corrected chi connectivity index (χ2v) is 6.92. The van der Waals surface area contributed by atoms with Crippen molar-refractivity contribution < 1.29 is 19.1 Å². The quantitative estimate of drug-likeness (QED) is 0.599. The van der Waals surface area contributed by atoms with Crippen LogP contribution >= 0.6 is 11.3 Å². The summed E-state index contributed by atoms with van der Waals surface area (Å²) in [6.07, 6.45) is 1.92. The summed E-state index contributed by atoms with van der Waals surface area (Å²) in [5, 5.41) is 2.60. The summed E-state index contributed by atoms with van der Waals surface area (Å²) in [5.74, 6) is -1.14. The van der Waals surface area contributed by atoms with Crippen molar-refractivity contribution >= 4 is 34.7 Å². The van der Waals surface area contributed by atoms with Crippen LogP contribution in [0.4, 0.5) is 5.69 Å². The zero-order valence-electron chi connectivity index (χ0n) is 14.5. The molecule has 0 aliphatic heterocycles. The molecule has 25 heavy (non-hydrogen) atoms. The standard InChI is InChI=1S/C19H21NO4S/c1-4-7-14-10-17(25-13(14)3)19(23)24-11-18(22)20-16-9-6-5-8-15(16)12(2)21/h5-6,8-10H,4,7,11H2,1-3H3,(H,20,22). The van der Waals surface area contributed by atoms with E-state index in [4.69, 9.17) is 4.74 Å². The Bertz CT molecular complexity index is 794. The van der Waals surface area contributed by atoms with Gasteiger partial charge in [0.2, 0.25) is 0 Å². The minimum atomic E-state index is -0.509. The number of benzene rings is 1. The third kappa shape index (κ3) is 5.00. The third-order valence-corrected chi connectivity index (χ3v) is 4.73. The number of hydrogen-bond donors (Lipinski definition) is 1. The Labute approximate surface area is 151 Å². The second kappa shape index (κ2) is 8.58. The summed E-state index contributed by atoms with van der Waals surface area (Å²) >= 11 is 1.37. The van der Waals surface area contributed by atoms with Crippen LogP contribution in [0.15, 0.2) is 30.3 Å². The number of aryl methyl sites for hydroxylation is 2. The fourth-order valence-electron chi connectivity index (χ4n) is 2.43. The minimum absolute atomic E-state index is 0.148. The largest absolute Gasteiger partial charge is 0.451 e. The SMILES string of the molecule is CCCc1cc(C(=O)OCC(=O)Nc2ccccc2C(C)=O)sc1C. The lowest BCUT2D eigenvalue weighted by molar-refractivity contribution is -0.119. The van der Waals surface area contributed by atoms with Crippen molar-refractivity contribution in [2.45, 2.75) is 33.6 Å². The van der Waals surface area contributed by atoms with Gasteiger partial charge in [0, 0.05) is 10.4 Å². The number of ether oxygens (including phenoxy) is 1. The van der Waals surface area contributed by atoms with Gasteiger partial charge in [0.15, 0.2) is 12.4 Å². The van der Waals surface area contributed by atoms with Crippen LogP contribution in [0.5, 0.6) is 0 Å². The van der Waals surface area contributed by atoms with Crippen molar-refractivity contribution in [1.82, 2.24) is 0 Å². The number of nitrogens with one attached hydrogen (secondary N) is 1. The monoisotopic (exact) mass is 359 g/mol. The maximum absolute atomic E-state index is 12.1. The maximum atomic E-state index is 12.1. The number of anilines is 1. The van der Waals surface area contributed by atoms with Gasteiger partial charge in [0.05, 0.1) is 5.69 Å². The first kappa shape index (κ1) is 18.9. The lowest BCUT2D eigenvalue weighted by Crippen LogP contribution is -2.21. The van der Waals surface area contributed by atoms with Gasteiger partial charge in [-0.2, -0.15) is 0 Å². The Balaban J connectivity index is 1.95. The average Bonchev–Trinajstić information content (AvgIpc) is 2.94. The highest BCUT2D eigenvalue weighted by Gasteiger charge is 2.16. The maximum Gasteiger partial charge on any atom is 0.348 e. The Hall–Kier alpha value is -2.47. The van der Waals surface area contributed by atoms with Gasteiger partial charge in [-0.1, -0.05) is 25.5 Å². The van der Waals surface area contributed by atoms with Gasteiger partial charge in [-0.25, -0.2) is 4.79 Å². The molecule has 0 saturated heterocycles. The lowest BCUT2D eigenvalue weighted by Gasteiger charge is -2.09. The number of para-hydroxylation sites is 1. The van der Waals surface area contributed by atoms with Crippen LogP contribution in [0.2, 0.25) is 0 Å². The van der Waals surface area contributed by atoms with Gasteiger partial charge in [0.25, 0.3) is 5.91 Å². The van der Waals surface area contributed by atoms with Crippen LogP contribution in [0.25, 0.3) is 0 Å². The third-order valence-electron chi connectivity index (χ3n) is 3.66. The topological polar surface area (TPSA) is 72.5 Å². The molecule has 0 aliphatic carbocycles. The summed E-state index contributed by atoms with van der Waals surface area (Å²) in [4.78, 5) is 37.2. The molecular formula is C19H21NO4S. The van der Waals surface area contributed by atoms with E-state index in [1.807, 2.05) is 13.0 Å². The van der Waals surface area contributed by atoms with Gasteiger partial charge in [-0.15, -0.1) is 11.3 Å². The van der Waals surface area contributed by atoms with Crippen molar-refractivity contribution in [2.24, 2.45) is 0 Å². The van der Waals surface area contributed by atoms with Crippen LogP contribution in [0, 0.1) is 6.92 Å². The van der Waals surface area contributed by atoms with Crippen LogP contribution in [-0.2, 0) is 16.0 Å². The van der Waals surface area contributed by atoms with Crippen molar-refractivity contribution in [1.29, 1.82) is 0 Å². The molecule has 2 rings (SSSR count). The van der Waals surface area contributed by atoms with Crippen LogP contribution in [0.1, 0.15) is 50.7 Å². The molecule has 6 heteroatoms. The Morgan fingerprint density at radius 1 is 1.20 bits per heavy atom. The first-order valence-corrected chi connectivity index (χ1v) is 8.90. The molecule has 132 valence electrons. The van der Waals surface area contributed by atoms with Crippen molar-refractivity contribution in [3.8, 4) is 0 Å². The van der Waals surface area contributed by atoms with Gasteiger partial charge in [0.1, 0.15) is 4.88 Å². The summed E-state index contributed by atoms with van der Waals surface area (Å²) < 4.78 is 5.08. The minimum Gasteiger partial charge on any atom is -0.451 e. The molecule has 0 spiro atoms. The molecular weight excluding hydrogens is 338 g/mol. The fraction of sp³-hybridized carbons (Fsp3) is 0.316. The van der Waals surface area contributed by atoms with Crippen LogP contribution < -0.4 is 5.32 Å². The highest BCUT2D eigenvalue weighted by molar-refractivity contribution is 7.14. The summed E-state index contributed by atoms with van der Waals surface area (Å²) in [7, 11) is 0. The first-order valence-electron chi connectivity index (χ1n) is 8.08. The van der Waals surface area contributed by atoms with E-state index in [9.17, 15) is 14.4 Å². The highest BCUT2D eigenvalue weighted by Crippen LogP contribution is 2.23. The van der Waals surface area contributed by atoms with E-state index in [1.54, 1.807) is 24.3 Å². The Morgan fingerprint density at radius 3 is 2.60 bits per heavy atom. The number of thiophene rings is 1. The van der Waals surface area contributed by atoms with Crippen LogP contribution in [-0.4, -0.2) is 24.3 Å². The summed E-state index contributed by atoms with van der Waals surface area (Å²) in [5.41, 5.74) is 1.97. The smallest absolute Gasteiger partial charge is 0.348 e. The average molecular weight is 359 g/mol. The molecule has 2 aromatic rings. The fourth-order valence-corrected chi connectivity index (χ4v) is 3.39. The molecule has 1 aromatic carbocycles. The van der Waals surface area contributed by atoms with E-state index in [0.717, 1.165) is 23.3 Å². The van der Waals surface area contributed by atoms with E-state index < -0.39 is 18.5 Å². The number of ketones is 1. The van der Waals surface area contributed by atoms with E-state index in [2.05, 4.69) is 12.2 Å². The number of rotatable bonds is 7. The molecule has 0 atom stereocenters. The molecule has 1 amide bonds. The predicted octanol–water partition coefficient (Wildman–Crippen LogP) is 4.01. The Morgan fingerprint density at radius 2 is 1.92 bits per heavy atom. The molecule has 1 aromatic heterocycles. The predicted molar refractivity (Wildman–Crippen MR) is 98.4 cm³/mol. The number of amides is 1. The summed E-state index contributed by atoms with van der Waals surface area (Å²) in [6.45, 7) is 5.08. The van der Waals surface area contributed by atoms with Crippen LogP contribution in [0.3, 0.4) is 0 Å². The number of carbonyl (C=O) groups excluding carboxylic acids is 3. The van der Waals surface area contributed by atoms with Gasteiger partial charge in [-0.3, -0.25) is 9.59 Å². The normalized spacial score (nSPS) is 10.4. The van der Waals surface area contributed by atoms with Crippen molar-refractivity contribution in [3.63, 3.8) is 0 Å². The van der Waals surface area contributed by atoms with E-state index in [-0.39, 0.29) is 5.78 Å². The molecule has 0 saturated carbocycles. The molecule has 1 heterocycles. The van der Waals surface area contributed by atoms with Crippen molar-refractivity contribution in [3.05, 3.63) is 51.2 Å². The van der Waals surface area contributed by atoms with E-state index in [0.29, 0.717) is 16.1 Å². The highest BCUT2D eigenvalue weighted by atomic mass is 32.1.